The summed E-state index contributed by atoms with van der Waals surface area (Å²) in [5.41, 5.74) is 2.61. The Labute approximate surface area is 105 Å². The number of nitrogens with one attached hydrogen (secondary N) is 1. The van der Waals surface area contributed by atoms with Gasteiger partial charge in [-0.25, -0.2) is 4.63 Å². The topological polar surface area (TPSA) is 68.0 Å². The summed E-state index contributed by atoms with van der Waals surface area (Å²) < 4.78 is 4.51. The molecule has 0 radical (unpaired) electrons. The molecule has 5 nitrogen and oxygen atoms in total. The van der Waals surface area contributed by atoms with E-state index in [-0.39, 0.29) is 11.6 Å². The lowest BCUT2D eigenvalue weighted by atomic mass is 10.0. The zero-order valence-corrected chi connectivity index (χ0v) is 10.6. The molecule has 1 heterocycles. The molecule has 0 fully saturated rings. The van der Waals surface area contributed by atoms with Gasteiger partial charge in [0.15, 0.2) is 5.69 Å². The van der Waals surface area contributed by atoms with Crippen LogP contribution in [-0.2, 0) is 0 Å². The lowest BCUT2D eigenvalue weighted by Gasteiger charge is -2.08. The van der Waals surface area contributed by atoms with Gasteiger partial charge in [0.05, 0.1) is 0 Å². The summed E-state index contributed by atoms with van der Waals surface area (Å²) >= 11 is 0. The lowest BCUT2D eigenvalue weighted by molar-refractivity contribution is 0.101. The van der Waals surface area contributed by atoms with Crippen molar-refractivity contribution in [2.24, 2.45) is 0 Å². The van der Waals surface area contributed by atoms with Crippen molar-refractivity contribution in [2.45, 2.75) is 26.7 Å². The lowest BCUT2D eigenvalue weighted by Crippen LogP contribution is -2.13. The minimum atomic E-state index is -0.311. The van der Waals surface area contributed by atoms with Gasteiger partial charge >= 0.3 is 0 Å². The molecule has 2 rings (SSSR count). The number of anilines is 1. The van der Waals surface area contributed by atoms with E-state index in [2.05, 4.69) is 34.1 Å². The molecule has 18 heavy (non-hydrogen) atoms. The van der Waals surface area contributed by atoms with Crippen LogP contribution >= 0.6 is 0 Å². The second kappa shape index (κ2) is 5.00. The van der Waals surface area contributed by atoms with Crippen LogP contribution in [0.25, 0.3) is 0 Å². The molecular weight excluding hydrogens is 230 g/mol. The first-order chi connectivity index (χ1) is 8.58. The molecule has 5 heteroatoms. The molecule has 2 aromatic rings. The smallest absolute Gasteiger partial charge is 0.279 e. The fraction of sp³-hybridized carbons (Fsp3) is 0.308. The number of benzene rings is 1. The van der Waals surface area contributed by atoms with Crippen LogP contribution in [-0.4, -0.2) is 16.2 Å². The van der Waals surface area contributed by atoms with E-state index >= 15 is 0 Å². The van der Waals surface area contributed by atoms with Gasteiger partial charge in [0.25, 0.3) is 5.91 Å². The molecule has 1 aromatic heterocycles. The normalized spacial score (nSPS) is 10.7. The molecule has 94 valence electrons. The third-order valence-electron chi connectivity index (χ3n) is 2.68. The molecular formula is C13H15N3O2. The van der Waals surface area contributed by atoms with E-state index in [1.807, 2.05) is 24.3 Å². The van der Waals surface area contributed by atoms with Gasteiger partial charge in [-0.3, -0.25) is 4.79 Å². The highest BCUT2D eigenvalue weighted by Crippen LogP contribution is 2.19. The van der Waals surface area contributed by atoms with Crippen LogP contribution in [0, 0.1) is 6.92 Å². The van der Waals surface area contributed by atoms with Crippen LogP contribution < -0.4 is 5.32 Å². The summed E-state index contributed by atoms with van der Waals surface area (Å²) in [6.45, 7) is 5.88. The Hall–Kier alpha value is -2.17. The zero-order valence-electron chi connectivity index (χ0n) is 10.6. The van der Waals surface area contributed by atoms with Crippen LogP contribution in [0.1, 0.15) is 41.5 Å². The first kappa shape index (κ1) is 12.3. The highest BCUT2D eigenvalue weighted by Gasteiger charge is 2.15. The summed E-state index contributed by atoms with van der Waals surface area (Å²) in [5.74, 6) is 0.104. The molecule has 0 aliphatic carbocycles. The number of hydrogen-bond acceptors (Lipinski definition) is 4. The SMILES string of the molecule is Cc1nonc1C(=O)Nc1cccc(C(C)C)c1. The molecule has 0 aliphatic rings. The predicted molar refractivity (Wildman–Crippen MR) is 67.5 cm³/mol. The van der Waals surface area contributed by atoms with Crippen molar-refractivity contribution < 1.29 is 9.42 Å². The maximum atomic E-state index is 11.9. The average molecular weight is 245 g/mol. The first-order valence-electron chi connectivity index (χ1n) is 5.78. The van der Waals surface area contributed by atoms with Crippen molar-refractivity contribution >= 4 is 11.6 Å². The van der Waals surface area contributed by atoms with Crippen molar-refractivity contribution in [1.29, 1.82) is 0 Å². The zero-order chi connectivity index (χ0) is 13.1. The van der Waals surface area contributed by atoms with Crippen molar-refractivity contribution in [3.63, 3.8) is 0 Å². The fourth-order valence-corrected chi connectivity index (χ4v) is 1.60. The van der Waals surface area contributed by atoms with Crippen molar-refractivity contribution in [3.05, 3.63) is 41.2 Å². The molecule has 1 N–H and O–H groups in total. The van der Waals surface area contributed by atoms with Crippen molar-refractivity contribution in [1.82, 2.24) is 10.3 Å². The molecule has 0 saturated carbocycles. The largest absolute Gasteiger partial charge is 0.320 e. The maximum Gasteiger partial charge on any atom is 0.279 e. The number of amides is 1. The third kappa shape index (κ3) is 2.56. The molecule has 1 amide bonds. The second-order valence-corrected chi connectivity index (χ2v) is 4.43. The number of rotatable bonds is 3. The minimum Gasteiger partial charge on any atom is -0.320 e. The van der Waals surface area contributed by atoms with Gasteiger partial charge in [-0.1, -0.05) is 31.1 Å². The van der Waals surface area contributed by atoms with E-state index < -0.39 is 0 Å². The Morgan fingerprint density at radius 2 is 2.11 bits per heavy atom. The summed E-state index contributed by atoms with van der Waals surface area (Å²) in [7, 11) is 0. The van der Waals surface area contributed by atoms with Gasteiger partial charge in [-0.2, -0.15) is 0 Å². The van der Waals surface area contributed by atoms with Crippen LogP contribution in [0.5, 0.6) is 0 Å². The number of hydrogen-bond donors (Lipinski definition) is 1. The van der Waals surface area contributed by atoms with Crippen LogP contribution in [0.4, 0.5) is 5.69 Å². The molecule has 0 aliphatic heterocycles. The average Bonchev–Trinajstić information content (AvgIpc) is 2.76. The van der Waals surface area contributed by atoms with Gasteiger partial charge in [0, 0.05) is 5.69 Å². The second-order valence-electron chi connectivity index (χ2n) is 4.43. The van der Waals surface area contributed by atoms with Crippen LogP contribution in [0.15, 0.2) is 28.9 Å². The molecule has 0 bridgehead atoms. The van der Waals surface area contributed by atoms with Gasteiger partial charge in [-0.05, 0) is 35.7 Å². The fourth-order valence-electron chi connectivity index (χ4n) is 1.60. The summed E-state index contributed by atoms with van der Waals surface area (Å²) in [6, 6.07) is 7.74. The third-order valence-corrected chi connectivity index (χ3v) is 2.68. The summed E-state index contributed by atoms with van der Waals surface area (Å²) in [5, 5.41) is 9.93. The number of aromatic nitrogens is 2. The van der Waals surface area contributed by atoms with Crippen molar-refractivity contribution in [2.75, 3.05) is 5.32 Å². The summed E-state index contributed by atoms with van der Waals surface area (Å²) in [4.78, 5) is 11.9. The van der Waals surface area contributed by atoms with E-state index in [0.717, 1.165) is 5.69 Å². The van der Waals surface area contributed by atoms with Crippen LogP contribution in [0.3, 0.4) is 0 Å². The van der Waals surface area contributed by atoms with E-state index in [4.69, 9.17) is 0 Å². The molecule has 0 atom stereocenters. The van der Waals surface area contributed by atoms with E-state index in [1.165, 1.54) is 5.56 Å². The Balaban J connectivity index is 2.17. The monoisotopic (exact) mass is 245 g/mol. The quantitative estimate of drug-likeness (QED) is 0.902. The van der Waals surface area contributed by atoms with Crippen LogP contribution in [0.2, 0.25) is 0 Å². The molecule has 0 unspecified atom stereocenters. The standard InChI is InChI=1S/C13H15N3O2/c1-8(2)10-5-4-6-11(7-10)14-13(17)12-9(3)15-18-16-12/h4-8H,1-3H3,(H,14,17). The van der Waals surface area contributed by atoms with Gasteiger partial charge in [0.2, 0.25) is 0 Å². The Morgan fingerprint density at radius 1 is 1.33 bits per heavy atom. The van der Waals surface area contributed by atoms with Gasteiger partial charge in [-0.15, -0.1) is 0 Å². The first-order valence-corrected chi connectivity index (χ1v) is 5.78. The Morgan fingerprint density at radius 3 is 2.72 bits per heavy atom. The van der Waals surface area contributed by atoms with E-state index in [0.29, 0.717) is 11.6 Å². The van der Waals surface area contributed by atoms with E-state index in [1.54, 1.807) is 6.92 Å². The summed E-state index contributed by atoms with van der Waals surface area (Å²) in [6.07, 6.45) is 0. The Bertz CT molecular complexity index is 561. The van der Waals surface area contributed by atoms with E-state index in [9.17, 15) is 4.79 Å². The molecule has 0 spiro atoms. The minimum absolute atomic E-state index is 0.213. The molecule has 1 aromatic carbocycles. The maximum absolute atomic E-state index is 11.9. The number of aryl methyl sites for hydroxylation is 1. The number of nitrogens with zero attached hydrogens (tertiary/aromatic N) is 2. The van der Waals surface area contributed by atoms with Gasteiger partial charge < -0.3 is 5.32 Å². The highest BCUT2D eigenvalue weighted by atomic mass is 16.6. The number of carbonyl (C=O) groups excluding carboxylic acids is 1. The molecule has 0 saturated heterocycles. The van der Waals surface area contributed by atoms with Gasteiger partial charge in [0.1, 0.15) is 5.69 Å². The predicted octanol–water partition coefficient (Wildman–Crippen LogP) is 2.75. The van der Waals surface area contributed by atoms with Crippen molar-refractivity contribution in [3.8, 4) is 0 Å². The Kier molecular flexibility index (Phi) is 3.41. The highest BCUT2D eigenvalue weighted by molar-refractivity contribution is 6.03. The number of carbonyl (C=O) groups is 1.